The summed E-state index contributed by atoms with van der Waals surface area (Å²) in [5.74, 6) is 0.736. The summed E-state index contributed by atoms with van der Waals surface area (Å²) in [5, 5.41) is 0.630. The molecule has 112 valence electrons. The van der Waals surface area contributed by atoms with Crippen LogP contribution in [-0.2, 0) is 5.41 Å². The summed E-state index contributed by atoms with van der Waals surface area (Å²) in [5.41, 5.74) is 9.78. The highest BCUT2D eigenvalue weighted by Gasteiger charge is 2.22. The third kappa shape index (κ3) is 3.39. The molecule has 1 atom stereocenters. The molecule has 0 bridgehead atoms. The zero-order chi connectivity index (χ0) is 15.6. The topological polar surface area (TPSA) is 35.2 Å². The Labute approximate surface area is 131 Å². The van der Waals surface area contributed by atoms with Crippen molar-refractivity contribution in [3.63, 3.8) is 0 Å². The molecule has 0 aromatic heterocycles. The Kier molecular flexibility index (Phi) is 4.60. The summed E-state index contributed by atoms with van der Waals surface area (Å²) in [7, 11) is 1.63. The smallest absolute Gasteiger partial charge is 0.120 e. The van der Waals surface area contributed by atoms with E-state index in [-0.39, 0.29) is 11.5 Å². The highest BCUT2D eigenvalue weighted by molar-refractivity contribution is 6.31. The molecule has 0 heterocycles. The molecular weight excluding hydrogens is 282 g/mol. The molecule has 2 aromatic rings. The van der Waals surface area contributed by atoms with Gasteiger partial charge in [0.1, 0.15) is 5.75 Å². The quantitative estimate of drug-likeness (QED) is 0.892. The second-order valence-corrected chi connectivity index (χ2v) is 6.61. The lowest BCUT2D eigenvalue weighted by molar-refractivity contribution is 0.414. The van der Waals surface area contributed by atoms with E-state index in [0.717, 1.165) is 16.9 Å². The summed E-state index contributed by atoms with van der Waals surface area (Å²) < 4.78 is 5.19. The Hall–Kier alpha value is -1.51. The molecular formula is C18H22ClNO. The van der Waals surface area contributed by atoms with E-state index in [9.17, 15) is 0 Å². The number of ether oxygens (including phenoxy) is 1. The van der Waals surface area contributed by atoms with Crippen LogP contribution in [0.5, 0.6) is 5.75 Å². The van der Waals surface area contributed by atoms with Gasteiger partial charge in [-0.05, 0) is 34.2 Å². The molecule has 0 aliphatic rings. The van der Waals surface area contributed by atoms with Gasteiger partial charge in [-0.3, -0.25) is 0 Å². The number of benzene rings is 2. The number of nitrogens with two attached hydrogens (primary N) is 1. The summed E-state index contributed by atoms with van der Waals surface area (Å²) in [6, 6.07) is 13.6. The lowest BCUT2D eigenvalue weighted by atomic mass is 9.81. The minimum absolute atomic E-state index is 0.0349. The van der Waals surface area contributed by atoms with Crippen LogP contribution in [0.3, 0.4) is 0 Å². The third-order valence-corrected chi connectivity index (χ3v) is 3.97. The minimum Gasteiger partial charge on any atom is -0.497 e. The van der Waals surface area contributed by atoms with E-state index in [4.69, 9.17) is 22.1 Å². The zero-order valence-electron chi connectivity index (χ0n) is 13.0. The van der Waals surface area contributed by atoms with E-state index < -0.39 is 0 Å². The molecule has 0 amide bonds. The fourth-order valence-corrected chi connectivity index (χ4v) is 2.79. The van der Waals surface area contributed by atoms with Crippen LogP contribution >= 0.6 is 11.6 Å². The van der Waals surface area contributed by atoms with Crippen molar-refractivity contribution in [1.29, 1.82) is 0 Å². The van der Waals surface area contributed by atoms with E-state index >= 15 is 0 Å². The number of hydrogen-bond acceptors (Lipinski definition) is 2. The second-order valence-electron chi connectivity index (χ2n) is 6.20. The standard InChI is InChI=1S/C18H22ClNO/c1-18(2,3)15-8-6-5-7-13(15)17(20)14-10-9-12(21-4)11-16(14)19/h5-11,17H,20H2,1-4H3. The summed E-state index contributed by atoms with van der Waals surface area (Å²) >= 11 is 6.36. The Bertz CT molecular complexity index is 631. The first-order valence-electron chi connectivity index (χ1n) is 7.03. The molecule has 0 saturated heterocycles. The number of hydrogen-bond donors (Lipinski definition) is 1. The molecule has 2 aromatic carbocycles. The number of rotatable bonds is 3. The van der Waals surface area contributed by atoms with Crippen LogP contribution in [0.2, 0.25) is 5.02 Å². The van der Waals surface area contributed by atoms with Crippen molar-refractivity contribution in [3.8, 4) is 5.75 Å². The van der Waals surface area contributed by atoms with Gasteiger partial charge in [-0.25, -0.2) is 0 Å². The first-order valence-corrected chi connectivity index (χ1v) is 7.41. The van der Waals surface area contributed by atoms with Crippen LogP contribution in [0.4, 0.5) is 0 Å². The molecule has 0 aliphatic heterocycles. The molecule has 3 heteroatoms. The van der Waals surface area contributed by atoms with Gasteiger partial charge in [-0.15, -0.1) is 0 Å². The van der Waals surface area contributed by atoms with Gasteiger partial charge in [0.15, 0.2) is 0 Å². The lowest BCUT2D eigenvalue weighted by Gasteiger charge is -2.26. The number of methoxy groups -OCH3 is 1. The fourth-order valence-electron chi connectivity index (χ4n) is 2.51. The normalized spacial score (nSPS) is 13.0. The molecule has 2 N–H and O–H groups in total. The first-order chi connectivity index (χ1) is 9.84. The zero-order valence-corrected chi connectivity index (χ0v) is 13.7. The Morgan fingerprint density at radius 3 is 2.29 bits per heavy atom. The Balaban J connectivity index is 2.48. The molecule has 21 heavy (non-hydrogen) atoms. The van der Waals surface area contributed by atoms with Gasteiger partial charge in [-0.2, -0.15) is 0 Å². The van der Waals surface area contributed by atoms with Crippen LogP contribution in [-0.4, -0.2) is 7.11 Å². The van der Waals surface area contributed by atoms with E-state index in [2.05, 4.69) is 32.9 Å². The molecule has 2 nitrogen and oxygen atoms in total. The third-order valence-electron chi connectivity index (χ3n) is 3.65. The highest BCUT2D eigenvalue weighted by Crippen LogP contribution is 2.35. The van der Waals surface area contributed by atoms with E-state index in [0.29, 0.717) is 5.02 Å². The lowest BCUT2D eigenvalue weighted by Crippen LogP contribution is -2.20. The molecule has 0 aliphatic carbocycles. The maximum atomic E-state index is 6.48. The minimum atomic E-state index is -0.251. The van der Waals surface area contributed by atoms with Gasteiger partial charge in [0, 0.05) is 5.02 Å². The average molecular weight is 304 g/mol. The van der Waals surface area contributed by atoms with Crippen molar-refractivity contribution >= 4 is 11.6 Å². The molecule has 1 unspecified atom stereocenters. The van der Waals surface area contributed by atoms with Crippen molar-refractivity contribution in [2.75, 3.05) is 7.11 Å². The van der Waals surface area contributed by atoms with Gasteiger partial charge in [-0.1, -0.05) is 62.7 Å². The van der Waals surface area contributed by atoms with E-state index in [1.54, 1.807) is 13.2 Å². The van der Waals surface area contributed by atoms with Gasteiger partial charge in [0.2, 0.25) is 0 Å². The molecule has 0 radical (unpaired) electrons. The van der Waals surface area contributed by atoms with Crippen molar-refractivity contribution in [2.24, 2.45) is 5.73 Å². The van der Waals surface area contributed by atoms with Crippen molar-refractivity contribution < 1.29 is 4.74 Å². The van der Waals surface area contributed by atoms with Crippen molar-refractivity contribution in [2.45, 2.75) is 32.2 Å². The highest BCUT2D eigenvalue weighted by atomic mass is 35.5. The van der Waals surface area contributed by atoms with E-state index in [1.165, 1.54) is 5.56 Å². The van der Waals surface area contributed by atoms with Crippen LogP contribution in [0.25, 0.3) is 0 Å². The largest absolute Gasteiger partial charge is 0.497 e. The van der Waals surface area contributed by atoms with Gasteiger partial charge in [0.25, 0.3) is 0 Å². The van der Waals surface area contributed by atoms with Crippen LogP contribution in [0, 0.1) is 0 Å². The monoisotopic (exact) mass is 303 g/mol. The van der Waals surface area contributed by atoms with Crippen LogP contribution < -0.4 is 10.5 Å². The van der Waals surface area contributed by atoms with Gasteiger partial charge in [0.05, 0.1) is 13.2 Å². The Morgan fingerprint density at radius 1 is 1.05 bits per heavy atom. The summed E-state index contributed by atoms with van der Waals surface area (Å²) in [4.78, 5) is 0. The first kappa shape index (κ1) is 15.9. The maximum Gasteiger partial charge on any atom is 0.120 e. The fraction of sp³-hybridized carbons (Fsp3) is 0.333. The van der Waals surface area contributed by atoms with Gasteiger partial charge < -0.3 is 10.5 Å². The molecule has 0 saturated carbocycles. The predicted molar refractivity (Wildman–Crippen MR) is 89.2 cm³/mol. The van der Waals surface area contributed by atoms with Crippen LogP contribution in [0.15, 0.2) is 42.5 Å². The van der Waals surface area contributed by atoms with E-state index in [1.807, 2.05) is 24.3 Å². The maximum absolute atomic E-state index is 6.48. The summed E-state index contributed by atoms with van der Waals surface area (Å²) in [6.45, 7) is 6.57. The van der Waals surface area contributed by atoms with Crippen molar-refractivity contribution in [1.82, 2.24) is 0 Å². The number of halogens is 1. The summed E-state index contributed by atoms with van der Waals surface area (Å²) in [6.07, 6.45) is 0. The van der Waals surface area contributed by atoms with Gasteiger partial charge >= 0.3 is 0 Å². The molecule has 0 spiro atoms. The Morgan fingerprint density at radius 2 is 1.71 bits per heavy atom. The predicted octanol–water partition coefficient (Wildman–Crippen LogP) is 4.69. The molecule has 0 fully saturated rings. The second kappa shape index (κ2) is 6.08. The SMILES string of the molecule is COc1ccc(C(N)c2ccccc2C(C)(C)C)c(Cl)c1. The van der Waals surface area contributed by atoms with Crippen LogP contribution in [0.1, 0.15) is 43.5 Å². The van der Waals surface area contributed by atoms with Crippen molar-refractivity contribution in [3.05, 3.63) is 64.2 Å². The average Bonchev–Trinajstić information content (AvgIpc) is 2.45. The molecule has 2 rings (SSSR count).